The van der Waals surface area contributed by atoms with Gasteiger partial charge in [0, 0.05) is 29.2 Å². The summed E-state index contributed by atoms with van der Waals surface area (Å²) in [5.74, 6) is -1.02. The molecule has 0 radical (unpaired) electrons. The fourth-order valence-electron chi connectivity index (χ4n) is 4.88. The lowest BCUT2D eigenvalue weighted by Gasteiger charge is -2.23. The number of rotatable bonds is 8. The van der Waals surface area contributed by atoms with Crippen molar-refractivity contribution in [2.24, 2.45) is 0 Å². The van der Waals surface area contributed by atoms with Gasteiger partial charge in [0.05, 0.1) is 5.92 Å². The molecule has 0 aliphatic rings. The molecule has 3 N–H and O–H groups in total. The minimum Gasteiger partial charge on any atom is -0.361 e. The molecule has 5 aromatic rings. The van der Waals surface area contributed by atoms with E-state index in [2.05, 4.69) is 15.6 Å². The maximum absolute atomic E-state index is 13.9. The molecule has 38 heavy (non-hydrogen) atoms. The summed E-state index contributed by atoms with van der Waals surface area (Å²) < 4.78 is 0. The van der Waals surface area contributed by atoms with E-state index >= 15 is 0 Å². The summed E-state index contributed by atoms with van der Waals surface area (Å²) in [5, 5.41) is 7.21. The first-order chi connectivity index (χ1) is 18.5. The van der Waals surface area contributed by atoms with E-state index in [1.807, 2.05) is 123 Å². The van der Waals surface area contributed by atoms with Crippen molar-refractivity contribution in [1.82, 2.24) is 10.3 Å². The Balaban J connectivity index is 1.48. The maximum atomic E-state index is 13.9. The molecule has 190 valence electrons. The Morgan fingerprint density at radius 3 is 2.05 bits per heavy atom. The fraction of sp³-hybridized carbons (Fsp3) is 0.152. The third-order valence-corrected chi connectivity index (χ3v) is 7.12. The van der Waals surface area contributed by atoms with E-state index in [1.54, 1.807) is 0 Å². The number of para-hydroxylation sites is 1. The number of fused-ring (bicyclic) bond motifs is 1. The van der Waals surface area contributed by atoms with Crippen LogP contribution in [0.15, 0.2) is 109 Å². The zero-order valence-corrected chi connectivity index (χ0v) is 21.6. The van der Waals surface area contributed by atoms with Gasteiger partial charge in [0.1, 0.15) is 6.04 Å². The SMILES string of the molecule is Cc1cccc(NC(=O)C(Cc2c[nH]c3ccccc23)NC(=O)C(c2ccccc2)c2ccccc2)c1C. The van der Waals surface area contributed by atoms with Crippen LogP contribution in [0, 0.1) is 13.8 Å². The molecule has 2 amide bonds. The monoisotopic (exact) mass is 501 g/mol. The zero-order chi connectivity index (χ0) is 26.5. The Bertz CT molecular complexity index is 1520. The molecule has 0 aliphatic heterocycles. The second-order valence-electron chi connectivity index (χ2n) is 9.62. The number of hydrogen-bond acceptors (Lipinski definition) is 2. The average molecular weight is 502 g/mol. The fourth-order valence-corrected chi connectivity index (χ4v) is 4.88. The van der Waals surface area contributed by atoms with Crippen molar-refractivity contribution in [3.05, 3.63) is 137 Å². The largest absolute Gasteiger partial charge is 0.361 e. The Kier molecular flexibility index (Phi) is 7.36. The molecule has 4 aromatic carbocycles. The Hall–Kier alpha value is -4.64. The van der Waals surface area contributed by atoms with Crippen molar-refractivity contribution >= 4 is 28.4 Å². The van der Waals surface area contributed by atoms with Gasteiger partial charge in [0.2, 0.25) is 11.8 Å². The van der Waals surface area contributed by atoms with E-state index in [4.69, 9.17) is 0 Å². The lowest BCUT2D eigenvalue weighted by atomic mass is 9.90. The molecule has 1 atom stereocenters. The summed E-state index contributed by atoms with van der Waals surface area (Å²) in [6.07, 6.45) is 2.27. The number of nitrogens with one attached hydrogen (secondary N) is 3. The minimum atomic E-state index is -0.781. The number of H-pyrrole nitrogens is 1. The van der Waals surface area contributed by atoms with Crippen LogP contribution in [-0.4, -0.2) is 22.8 Å². The zero-order valence-electron chi connectivity index (χ0n) is 21.6. The third-order valence-electron chi connectivity index (χ3n) is 7.12. The number of aryl methyl sites for hydroxylation is 1. The molecule has 0 saturated carbocycles. The van der Waals surface area contributed by atoms with Crippen LogP contribution < -0.4 is 10.6 Å². The lowest BCUT2D eigenvalue weighted by Crippen LogP contribution is -2.47. The Morgan fingerprint density at radius 2 is 1.37 bits per heavy atom. The van der Waals surface area contributed by atoms with Crippen molar-refractivity contribution in [1.29, 1.82) is 0 Å². The molecule has 0 aliphatic carbocycles. The highest BCUT2D eigenvalue weighted by Gasteiger charge is 2.29. The summed E-state index contributed by atoms with van der Waals surface area (Å²) in [5.41, 5.74) is 6.55. The highest BCUT2D eigenvalue weighted by molar-refractivity contribution is 6.00. The van der Waals surface area contributed by atoms with Crippen LogP contribution in [0.4, 0.5) is 5.69 Å². The van der Waals surface area contributed by atoms with E-state index in [9.17, 15) is 9.59 Å². The molecule has 0 bridgehead atoms. The molecular weight excluding hydrogens is 470 g/mol. The first-order valence-corrected chi connectivity index (χ1v) is 12.8. The predicted octanol–water partition coefficient (Wildman–Crippen LogP) is 6.28. The van der Waals surface area contributed by atoms with Crippen LogP contribution in [0.2, 0.25) is 0 Å². The molecule has 5 rings (SSSR count). The second kappa shape index (κ2) is 11.2. The molecule has 0 fully saturated rings. The molecule has 1 unspecified atom stereocenters. The quantitative estimate of drug-likeness (QED) is 0.234. The van der Waals surface area contributed by atoms with Crippen LogP contribution in [-0.2, 0) is 16.0 Å². The van der Waals surface area contributed by atoms with Gasteiger partial charge in [-0.15, -0.1) is 0 Å². The van der Waals surface area contributed by atoms with Crippen molar-refractivity contribution in [3.8, 4) is 0 Å². The number of aromatic amines is 1. The van der Waals surface area contributed by atoms with Gasteiger partial charge < -0.3 is 15.6 Å². The van der Waals surface area contributed by atoms with Gasteiger partial charge in [-0.3, -0.25) is 9.59 Å². The highest BCUT2D eigenvalue weighted by atomic mass is 16.2. The first kappa shape index (κ1) is 25.0. The van der Waals surface area contributed by atoms with Crippen LogP contribution in [0.25, 0.3) is 10.9 Å². The summed E-state index contributed by atoms with van der Waals surface area (Å²) in [6, 6.07) is 32.4. The van der Waals surface area contributed by atoms with Crippen molar-refractivity contribution in [2.75, 3.05) is 5.32 Å². The van der Waals surface area contributed by atoms with Crippen molar-refractivity contribution in [2.45, 2.75) is 32.2 Å². The summed E-state index contributed by atoms with van der Waals surface area (Å²) >= 11 is 0. The number of carbonyl (C=O) groups excluding carboxylic acids is 2. The third kappa shape index (κ3) is 5.37. The number of aromatic nitrogens is 1. The molecule has 0 spiro atoms. The van der Waals surface area contributed by atoms with Crippen molar-refractivity contribution in [3.63, 3.8) is 0 Å². The molecule has 0 saturated heterocycles. The maximum Gasteiger partial charge on any atom is 0.247 e. The van der Waals surface area contributed by atoms with Crippen LogP contribution in [0.3, 0.4) is 0 Å². The van der Waals surface area contributed by atoms with E-state index in [0.717, 1.165) is 44.4 Å². The van der Waals surface area contributed by atoms with Gasteiger partial charge in [-0.1, -0.05) is 91.0 Å². The summed E-state index contributed by atoms with van der Waals surface area (Å²) in [4.78, 5) is 30.9. The van der Waals surface area contributed by atoms with Crippen LogP contribution >= 0.6 is 0 Å². The molecule has 5 heteroatoms. The van der Waals surface area contributed by atoms with Crippen LogP contribution in [0.5, 0.6) is 0 Å². The molecule has 1 heterocycles. The molecule has 1 aromatic heterocycles. The van der Waals surface area contributed by atoms with E-state index in [1.165, 1.54) is 0 Å². The number of carbonyl (C=O) groups is 2. The number of anilines is 1. The summed E-state index contributed by atoms with van der Waals surface area (Å²) in [7, 11) is 0. The van der Waals surface area contributed by atoms with Gasteiger partial charge in [0.25, 0.3) is 0 Å². The minimum absolute atomic E-state index is 0.219. The Labute approximate surface area is 222 Å². The van der Waals surface area contributed by atoms with Gasteiger partial charge in [0.15, 0.2) is 0 Å². The van der Waals surface area contributed by atoms with Gasteiger partial charge in [-0.25, -0.2) is 0 Å². The van der Waals surface area contributed by atoms with E-state index in [-0.39, 0.29) is 11.8 Å². The highest BCUT2D eigenvalue weighted by Crippen LogP contribution is 2.26. The topological polar surface area (TPSA) is 74.0 Å². The molecule has 5 nitrogen and oxygen atoms in total. The van der Waals surface area contributed by atoms with Gasteiger partial charge in [-0.2, -0.15) is 0 Å². The Morgan fingerprint density at radius 1 is 0.737 bits per heavy atom. The smallest absolute Gasteiger partial charge is 0.247 e. The van der Waals surface area contributed by atoms with Gasteiger partial charge in [-0.05, 0) is 53.8 Å². The normalized spacial score (nSPS) is 11.9. The standard InChI is InChI=1S/C33H31N3O2/c1-22-12-11-19-28(23(22)2)35-32(37)30(20-26-21-34-29-18-10-9-17-27(26)29)36-33(38)31(24-13-5-3-6-14-24)25-15-7-4-8-16-25/h3-19,21,30-31,34H,20H2,1-2H3,(H,35,37)(H,36,38). The van der Waals surface area contributed by atoms with E-state index in [0.29, 0.717) is 6.42 Å². The molecular formula is C33H31N3O2. The number of hydrogen-bond donors (Lipinski definition) is 3. The van der Waals surface area contributed by atoms with Gasteiger partial charge >= 0.3 is 0 Å². The predicted molar refractivity (Wildman–Crippen MR) is 153 cm³/mol. The van der Waals surface area contributed by atoms with Crippen molar-refractivity contribution < 1.29 is 9.59 Å². The first-order valence-electron chi connectivity index (χ1n) is 12.8. The number of amides is 2. The average Bonchev–Trinajstić information content (AvgIpc) is 3.35. The van der Waals surface area contributed by atoms with E-state index < -0.39 is 12.0 Å². The lowest BCUT2D eigenvalue weighted by molar-refractivity contribution is -0.126. The summed E-state index contributed by atoms with van der Waals surface area (Å²) in [6.45, 7) is 4.00. The second-order valence-corrected chi connectivity index (χ2v) is 9.62. The van der Waals surface area contributed by atoms with Crippen LogP contribution in [0.1, 0.15) is 33.7 Å². The number of benzene rings is 4.